The number of aliphatic carboxylic acids is 1. The van der Waals surface area contributed by atoms with Crippen molar-refractivity contribution >= 4 is 5.97 Å². The second kappa shape index (κ2) is 8.66. The number of hydrogen-bond acceptors (Lipinski definition) is 2. The molecular formula is C25H44O3. The quantitative estimate of drug-likeness (QED) is 0.591. The van der Waals surface area contributed by atoms with Crippen LogP contribution in [0.25, 0.3) is 0 Å². The van der Waals surface area contributed by atoms with Crippen molar-refractivity contribution in [1.82, 2.24) is 0 Å². The molecule has 0 saturated heterocycles. The first-order valence-electron chi connectivity index (χ1n) is 12.3. The van der Waals surface area contributed by atoms with Gasteiger partial charge in [-0.25, -0.2) is 0 Å². The maximum atomic E-state index is 11.3. The molecule has 4 aliphatic carbocycles. The van der Waals surface area contributed by atoms with Crippen LogP contribution in [0.4, 0.5) is 0 Å². The lowest BCUT2D eigenvalue weighted by Gasteiger charge is -2.62. The molecular weight excluding hydrogens is 348 g/mol. The van der Waals surface area contributed by atoms with Gasteiger partial charge in [-0.15, -0.1) is 0 Å². The molecule has 28 heavy (non-hydrogen) atoms. The molecule has 0 amide bonds. The Labute approximate surface area is 172 Å². The van der Waals surface area contributed by atoms with E-state index in [1.54, 1.807) is 0 Å². The van der Waals surface area contributed by atoms with Crippen LogP contribution in [0.2, 0.25) is 0 Å². The summed E-state index contributed by atoms with van der Waals surface area (Å²) < 4.78 is 0. The normalized spacial score (nSPS) is 47.2. The highest BCUT2D eigenvalue weighted by Gasteiger charge is 2.62. The van der Waals surface area contributed by atoms with Gasteiger partial charge in [-0.3, -0.25) is 4.79 Å². The van der Waals surface area contributed by atoms with Gasteiger partial charge in [-0.05, 0) is 98.2 Å². The van der Waals surface area contributed by atoms with Crippen molar-refractivity contribution in [2.24, 2.45) is 40.4 Å². The number of aliphatic hydroxyl groups is 1. The molecule has 4 aliphatic rings. The van der Waals surface area contributed by atoms with Crippen LogP contribution in [-0.4, -0.2) is 22.3 Å². The zero-order chi connectivity index (χ0) is 20.5. The minimum Gasteiger partial charge on any atom is -0.481 e. The van der Waals surface area contributed by atoms with Crippen LogP contribution in [0.5, 0.6) is 0 Å². The van der Waals surface area contributed by atoms with Crippen LogP contribution >= 0.6 is 0 Å². The van der Waals surface area contributed by atoms with Crippen LogP contribution in [0.3, 0.4) is 0 Å². The second-order valence-electron chi connectivity index (χ2n) is 10.6. The number of carboxylic acids is 1. The molecule has 0 spiro atoms. The monoisotopic (exact) mass is 392 g/mol. The molecule has 0 aromatic rings. The zero-order valence-corrected chi connectivity index (χ0v) is 18.8. The van der Waals surface area contributed by atoms with E-state index in [1.807, 2.05) is 13.8 Å². The summed E-state index contributed by atoms with van der Waals surface area (Å²) in [6, 6.07) is 0. The highest BCUT2D eigenvalue weighted by molar-refractivity contribution is 5.66. The molecule has 3 heteroatoms. The van der Waals surface area contributed by atoms with Gasteiger partial charge in [0.25, 0.3) is 0 Å². The van der Waals surface area contributed by atoms with Gasteiger partial charge < -0.3 is 10.2 Å². The molecule has 4 saturated carbocycles. The fraction of sp³-hybridized carbons (Fsp3) is 0.960. The largest absolute Gasteiger partial charge is 0.481 e. The zero-order valence-electron chi connectivity index (χ0n) is 18.8. The van der Waals surface area contributed by atoms with Crippen molar-refractivity contribution in [1.29, 1.82) is 0 Å². The van der Waals surface area contributed by atoms with Crippen molar-refractivity contribution in [2.75, 3.05) is 0 Å². The average molecular weight is 393 g/mol. The van der Waals surface area contributed by atoms with Gasteiger partial charge in [0.05, 0.1) is 6.10 Å². The average Bonchev–Trinajstić information content (AvgIpc) is 3.02. The lowest BCUT2D eigenvalue weighted by Crippen LogP contribution is -2.57. The van der Waals surface area contributed by atoms with Gasteiger partial charge in [0.2, 0.25) is 0 Å². The summed E-state index contributed by atoms with van der Waals surface area (Å²) in [7, 11) is 0. The van der Waals surface area contributed by atoms with Crippen LogP contribution < -0.4 is 0 Å². The maximum absolute atomic E-state index is 11.3. The van der Waals surface area contributed by atoms with Gasteiger partial charge in [0, 0.05) is 6.42 Å². The fourth-order valence-corrected chi connectivity index (χ4v) is 8.35. The summed E-state index contributed by atoms with van der Waals surface area (Å²) in [5.41, 5.74) is 0.488. The molecule has 4 rings (SSSR count). The first-order chi connectivity index (χ1) is 13.4. The first kappa shape index (κ1) is 22.1. The lowest BCUT2D eigenvalue weighted by molar-refractivity contribution is -0.164. The number of aliphatic hydroxyl groups excluding tert-OH is 1. The molecule has 0 aromatic heterocycles. The topological polar surface area (TPSA) is 57.5 Å². The molecule has 0 radical (unpaired) electrons. The van der Waals surface area contributed by atoms with E-state index in [4.69, 9.17) is 5.11 Å². The standard InChI is InChI=1S/C23H38O3.C2H6/c1-22-13-4-3-6-15(22)9-11-17-18-12-10-16(7-5-8-21(25)26)23(18,2)20(24)14-19(17)22;1-2/h15-20,24H,3-14H2,1-2H3,(H,25,26);1-2H3. The van der Waals surface area contributed by atoms with Crippen molar-refractivity contribution in [3.63, 3.8) is 0 Å². The van der Waals surface area contributed by atoms with Gasteiger partial charge >= 0.3 is 5.97 Å². The van der Waals surface area contributed by atoms with Gasteiger partial charge in [0.15, 0.2) is 0 Å². The third-order valence-corrected chi connectivity index (χ3v) is 9.82. The van der Waals surface area contributed by atoms with Gasteiger partial charge in [0.1, 0.15) is 0 Å². The van der Waals surface area contributed by atoms with Crippen LogP contribution in [0.1, 0.15) is 105 Å². The van der Waals surface area contributed by atoms with E-state index in [0.717, 1.165) is 31.1 Å². The minimum absolute atomic E-state index is 0.0253. The first-order valence-corrected chi connectivity index (χ1v) is 12.3. The van der Waals surface area contributed by atoms with Crippen molar-refractivity contribution in [2.45, 2.75) is 111 Å². The summed E-state index contributed by atoms with van der Waals surface area (Å²) >= 11 is 0. The smallest absolute Gasteiger partial charge is 0.303 e. The van der Waals surface area contributed by atoms with Gasteiger partial charge in [-0.1, -0.05) is 40.5 Å². The summed E-state index contributed by atoms with van der Waals surface area (Å²) in [5.74, 6) is 2.89. The Morgan fingerprint density at radius 3 is 2.46 bits per heavy atom. The SMILES string of the molecule is CC.CC12CCCCC1CCC1C2CC(O)C2(C)C(CCCC(=O)O)CCC12. The predicted octanol–water partition coefficient (Wildman–Crippen LogP) is 6.29. The third-order valence-electron chi connectivity index (χ3n) is 9.82. The molecule has 162 valence electrons. The van der Waals surface area contributed by atoms with Crippen LogP contribution in [0.15, 0.2) is 0 Å². The second-order valence-corrected chi connectivity index (χ2v) is 10.6. The number of hydrogen-bond donors (Lipinski definition) is 2. The van der Waals surface area contributed by atoms with E-state index in [0.29, 0.717) is 23.2 Å². The maximum Gasteiger partial charge on any atom is 0.303 e. The van der Waals surface area contributed by atoms with E-state index in [2.05, 4.69) is 13.8 Å². The molecule has 8 unspecified atom stereocenters. The van der Waals surface area contributed by atoms with Crippen LogP contribution in [-0.2, 0) is 4.79 Å². The predicted molar refractivity (Wildman–Crippen MR) is 114 cm³/mol. The molecule has 0 aromatic carbocycles. The molecule has 0 heterocycles. The Morgan fingerprint density at radius 1 is 1.00 bits per heavy atom. The minimum atomic E-state index is -0.683. The highest BCUT2D eigenvalue weighted by atomic mass is 16.4. The van der Waals surface area contributed by atoms with E-state index in [1.165, 1.54) is 51.4 Å². The van der Waals surface area contributed by atoms with Gasteiger partial charge in [-0.2, -0.15) is 0 Å². The third kappa shape index (κ3) is 3.55. The number of fused-ring (bicyclic) bond motifs is 5. The Hall–Kier alpha value is -0.570. The lowest BCUT2D eigenvalue weighted by atomic mass is 9.44. The Morgan fingerprint density at radius 2 is 1.75 bits per heavy atom. The Balaban J connectivity index is 0.00000109. The molecule has 2 N–H and O–H groups in total. The molecule has 3 nitrogen and oxygen atoms in total. The number of carboxylic acid groups (broad SMARTS) is 1. The van der Waals surface area contributed by atoms with Crippen LogP contribution in [0, 0.1) is 40.4 Å². The summed E-state index contributed by atoms with van der Waals surface area (Å²) in [5, 5.41) is 20.3. The molecule has 0 aliphatic heterocycles. The van der Waals surface area contributed by atoms with Crippen molar-refractivity contribution in [3.8, 4) is 0 Å². The van der Waals surface area contributed by atoms with E-state index >= 15 is 0 Å². The summed E-state index contributed by atoms with van der Waals surface area (Å²) in [4.78, 5) is 10.9. The van der Waals surface area contributed by atoms with E-state index in [-0.39, 0.29) is 17.9 Å². The Bertz CT molecular complexity index is 546. The Kier molecular flexibility index (Phi) is 6.84. The highest BCUT2D eigenvalue weighted by Crippen LogP contribution is 2.67. The van der Waals surface area contributed by atoms with Crippen molar-refractivity contribution in [3.05, 3.63) is 0 Å². The number of carbonyl (C=O) groups is 1. The van der Waals surface area contributed by atoms with Crippen molar-refractivity contribution < 1.29 is 15.0 Å². The molecule has 8 atom stereocenters. The summed E-state index contributed by atoms with van der Waals surface area (Å²) in [6.07, 6.45) is 13.6. The molecule has 0 bridgehead atoms. The molecule has 4 fully saturated rings. The number of rotatable bonds is 4. The summed E-state index contributed by atoms with van der Waals surface area (Å²) in [6.45, 7) is 8.91. The van der Waals surface area contributed by atoms with E-state index < -0.39 is 5.97 Å². The van der Waals surface area contributed by atoms with E-state index in [9.17, 15) is 9.90 Å². The fourth-order valence-electron chi connectivity index (χ4n) is 8.35.